The second-order valence-corrected chi connectivity index (χ2v) is 4.27. The van der Waals surface area contributed by atoms with Gasteiger partial charge in [-0.3, -0.25) is 0 Å². The standard InChI is InChI=1S/C11H11BrO2/c1-7(13)5-8-6-9-10(12)3-2-4-11(9)14-8/h2-4,6-7,13H,5H2,1H3. The van der Waals surface area contributed by atoms with Gasteiger partial charge in [0.2, 0.25) is 0 Å². The molecule has 1 unspecified atom stereocenters. The number of hydrogen-bond donors (Lipinski definition) is 1. The van der Waals surface area contributed by atoms with Crippen molar-refractivity contribution in [3.63, 3.8) is 0 Å². The van der Waals surface area contributed by atoms with Crippen LogP contribution in [-0.4, -0.2) is 11.2 Å². The number of fused-ring (bicyclic) bond motifs is 1. The summed E-state index contributed by atoms with van der Waals surface area (Å²) in [6.07, 6.45) is 0.190. The van der Waals surface area contributed by atoms with E-state index in [1.54, 1.807) is 6.92 Å². The molecule has 0 radical (unpaired) electrons. The zero-order valence-corrected chi connectivity index (χ0v) is 9.41. The molecule has 2 nitrogen and oxygen atoms in total. The molecule has 0 saturated heterocycles. The Labute approximate surface area is 90.7 Å². The van der Waals surface area contributed by atoms with E-state index in [9.17, 15) is 5.11 Å². The molecule has 1 aromatic heterocycles. The minimum atomic E-state index is -0.366. The van der Waals surface area contributed by atoms with E-state index >= 15 is 0 Å². The SMILES string of the molecule is CC(O)Cc1cc2c(Br)cccc2o1. The molecule has 2 rings (SSSR count). The molecule has 1 N–H and O–H groups in total. The maximum absolute atomic E-state index is 9.23. The molecule has 0 fully saturated rings. The third kappa shape index (κ3) is 1.83. The van der Waals surface area contributed by atoms with Gasteiger partial charge in [-0.1, -0.05) is 22.0 Å². The minimum Gasteiger partial charge on any atom is -0.461 e. The predicted molar refractivity (Wildman–Crippen MR) is 59.3 cm³/mol. The van der Waals surface area contributed by atoms with Crippen molar-refractivity contribution in [3.8, 4) is 0 Å². The molecule has 2 aromatic rings. The van der Waals surface area contributed by atoms with Gasteiger partial charge in [-0.15, -0.1) is 0 Å². The average Bonchev–Trinajstić information content (AvgIpc) is 2.47. The summed E-state index contributed by atoms with van der Waals surface area (Å²) in [5, 5.41) is 10.3. The van der Waals surface area contributed by atoms with Gasteiger partial charge in [-0.05, 0) is 25.1 Å². The monoisotopic (exact) mass is 254 g/mol. The Morgan fingerprint density at radius 2 is 2.29 bits per heavy atom. The number of aliphatic hydroxyl groups is 1. The van der Waals surface area contributed by atoms with Gasteiger partial charge in [0, 0.05) is 16.3 Å². The van der Waals surface area contributed by atoms with Crippen molar-refractivity contribution in [3.05, 3.63) is 34.5 Å². The predicted octanol–water partition coefficient (Wildman–Crippen LogP) is 3.12. The molecule has 0 saturated carbocycles. The lowest BCUT2D eigenvalue weighted by Gasteiger charge is -1.97. The van der Waals surface area contributed by atoms with Crippen LogP contribution >= 0.6 is 15.9 Å². The van der Waals surface area contributed by atoms with Crippen LogP contribution in [0.5, 0.6) is 0 Å². The summed E-state index contributed by atoms with van der Waals surface area (Å²) < 4.78 is 6.59. The molecule has 14 heavy (non-hydrogen) atoms. The molecule has 74 valence electrons. The normalized spacial score (nSPS) is 13.4. The Bertz CT molecular complexity index is 445. The molecule has 1 aromatic carbocycles. The van der Waals surface area contributed by atoms with Gasteiger partial charge >= 0.3 is 0 Å². The average molecular weight is 255 g/mol. The number of rotatable bonds is 2. The molecule has 3 heteroatoms. The van der Waals surface area contributed by atoms with Crippen molar-refractivity contribution >= 4 is 26.9 Å². The summed E-state index contributed by atoms with van der Waals surface area (Å²) in [7, 11) is 0. The van der Waals surface area contributed by atoms with Crippen LogP contribution in [0.25, 0.3) is 11.0 Å². The maximum atomic E-state index is 9.23. The van der Waals surface area contributed by atoms with E-state index in [0.29, 0.717) is 6.42 Å². The first-order chi connectivity index (χ1) is 6.66. The van der Waals surface area contributed by atoms with Crippen LogP contribution in [0.15, 0.2) is 33.2 Å². The van der Waals surface area contributed by atoms with E-state index in [0.717, 1.165) is 21.2 Å². The van der Waals surface area contributed by atoms with Crippen molar-refractivity contribution in [1.82, 2.24) is 0 Å². The van der Waals surface area contributed by atoms with Gasteiger partial charge in [0.15, 0.2) is 0 Å². The topological polar surface area (TPSA) is 33.4 Å². The third-order valence-electron chi connectivity index (χ3n) is 2.06. The molecule has 1 heterocycles. The van der Waals surface area contributed by atoms with E-state index in [-0.39, 0.29) is 6.10 Å². The third-order valence-corrected chi connectivity index (χ3v) is 2.75. The zero-order chi connectivity index (χ0) is 10.1. The van der Waals surface area contributed by atoms with Crippen molar-refractivity contribution in [1.29, 1.82) is 0 Å². The van der Waals surface area contributed by atoms with Crippen molar-refractivity contribution in [2.75, 3.05) is 0 Å². The van der Waals surface area contributed by atoms with Crippen LogP contribution < -0.4 is 0 Å². The smallest absolute Gasteiger partial charge is 0.135 e. The van der Waals surface area contributed by atoms with E-state index in [1.165, 1.54) is 0 Å². The van der Waals surface area contributed by atoms with Gasteiger partial charge < -0.3 is 9.52 Å². The molecule has 1 atom stereocenters. The fraction of sp³-hybridized carbons (Fsp3) is 0.273. The van der Waals surface area contributed by atoms with E-state index in [4.69, 9.17) is 4.42 Å². The lowest BCUT2D eigenvalue weighted by molar-refractivity contribution is 0.188. The zero-order valence-electron chi connectivity index (χ0n) is 7.83. The molecule has 0 aliphatic rings. The highest BCUT2D eigenvalue weighted by Crippen LogP contribution is 2.27. The molecule has 0 amide bonds. The number of halogens is 1. The number of aliphatic hydroxyl groups excluding tert-OH is 1. The maximum Gasteiger partial charge on any atom is 0.135 e. The van der Waals surface area contributed by atoms with Crippen LogP contribution in [0.4, 0.5) is 0 Å². The quantitative estimate of drug-likeness (QED) is 0.894. The summed E-state index contributed by atoms with van der Waals surface area (Å²) in [4.78, 5) is 0. The van der Waals surface area contributed by atoms with Gasteiger partial charge in [0.05, 0.1) is 6.10 Å². The minimum absolute atomic E-state index is 0.366. The Balaban J connectivity index is 2.46. The highest BCUT2D eigenvalue weighted by molar-refractivity contribution is 9.10. The second kappa shape index (κ2) is 3.75. The van der Waals surface area contributed by atoms with Crippen LogP contribution in [0, 0.1) is 0 Å². The van der Waals surface area contributed by atoms with Gasteiger partial charge in [-0.2, -0.15) is 0 Å². The lowest BCUT2D eigenvalue weighted by Crippen LogP contribution is -2.02. The Kier molecular flexibility index (Phi) is 2.61. The highest BCUT2D eigenvalue weighted by Gasteiger charge is 2.07. The van der Waals surface area contributed by atoms with Gasteiger partial charge in [-0.25, -0.2) is 0 Å². The first kappa shape index (κ1) is 9.74. The van der Waals surface area contributed by atoms with Crippen molar-refractivity contribution < 1.29 is 9.52 Å². The Morgan fingerprint density at radius 1 is 1.50 bits per heavy atom. The molecule has 0 aliphatic heterocycles. The van der Waals surface area contributed by atoms with Crippen LogP contribution in [0.1, 0.15) is 12.7 Å². The summed E-state index contributed by atoms with van der Waals surface area (Å²) in [5.41, 5.74) is 0.857. The second-order valence-electron chi connectivity index (χ2n) is 3.42. The molecular weight excluding hydrogens is 244 g/mol. The molecule has 0 bridgehead atoms. The number of furan rings is 1. The van der Waals surface area contributed by atoms with Crippen LogP contribution in [0.2, 0.25) is 0 Å². The lowest BCUT2D eigenvalue weighted by atomic mass is 10.2. The van der Waals surface area contributed by atoms with Gasteiger partial charge in [0.25, 0.3) is 0 Å². The van der Waals surface area contributed by atoms with Crippen LogP contribution in [-0.2, 0) is 6.42 Å². The Morgan fingerprint density at radius 3 is 2.93 bits per heavy atom. The fourth-order valence-corrected chi connectivity index (χ4v) is 1.93. The van der Waals surface area contributed by atoms with Crippen molar-refractivity contribution in [2.24, 2.45) is 0 Å². The summed E-state index contributed by atoms with van der Waals surface area (Å²) in [6.45, 7) is 1.75. The molecule has 0 spiro atoms. The van der Waals surface area contributed by atoms with E-state index in [1.807, 2.05) is 24.3 Å². The summed E-state index contributed by atoms with van der Waals surface area (Å²) in [6, 6.07) is 7.80. The Hall–Kier alpha value is -0.800. The van der Waals surface area contributed by atoms with E-state index in [2.05, 4.69) is 15.9 Å². The number of hydrogen-bond acceptors (Lipinski definition) is 2. The highest BCUT2D eigenvalue weighted by atomic mass is 79.9. The number of benzene rings is 1. The molecule has 0 aliphatic carbocycles. The fourth-order valence-electron chi connectivity index (χ4n) is 1.47. The van der Waals surface area contributed by atoms with Crippen molar-refractivity contribution in [2.45, 2.75) is 19.4 Å². The summed E-state index contributed by atoms with van der Waals surface area (Å²) >= 11 is 3.45. The largest absolute Gasteiger partial charge is 0.461 e. The molecular formula is C11H11BrO2. The van der Waals surface area contributed by atoms with Crippen LogP contribution in [0.3, 0.4) is 0 Å². The first-order valence-corrected chi connectivity index (χ1v) is 5.31. The first-order valence-electron chi connectivity index (χ1n) is 4.52. The summed E-state index contributed by atoms with van der Waals surface area (Å²) in [5.74, 6) is 0.821. The van der Waals surface area contributed by atoms with Gasteiger partial charge in [0.1, 0.15) is 11.3 Å². The van der Waals surface area contributed by atoms with E-state index < -0.39 is 0 Å².